The summed E-state index contributed by atoms with van der Waals surface area (Å²) in [7, 11) is 1.50. The van der Waals surface area contributed by atoms with Crippen molar-refractivity contribution in [1.29, 1.82) is 0 Å². The van der Waals surface area contributed by atoms with Crippen molar-refractivity contribution >= 4 is 5.91 Å². The minimum absolute atomic E-state index is 0.158. The van der Waals surface area contributed by atoms with Crippen molar-refractivity contribution in [2.24, 2.45) is 0 Å². The number of nitrogens with one attached hydrogen (secondary N) is 1. The minimum Gasteiger partial charge on any atom is -0.484 e. The van der Waals surface area contributed by atoms with Gasteiger partial charge in [-0.3, -0.25) is 4.79 Å². The lowest BCUT2D eigenvalue weighted by Crippen LogP contribution is -2.55. The van der Waals surface area contributed by atoms with Crippen LogP contribution < -0.4 is 10.1 Å². The second kappa shape index (κ2) is 7.71. The van der Waals surface area contributed by atoms with Gasteiger partial charge < -0.3 is 35.2 Å². The van der Waals surface area contributed by atoms with Gasteiger partial charge in [0, 0.05) is 7.05 Å². The number of likely N-dealkylation sites (N-methyl/N-ethyl adjacent to an activating group) is 1. The monoisotopic (exact) mass is 327 g/mol. The molecule has 0 spiro atoms. The van der Waals surface area contributed by atoms with Crippen molar-refractivity contribution in [1.82, 2.24) is 5.32 Å². The second-order valence-corrected chi connectivity index (χ2v) is 5.28. The van der Waals surface area contributed by atoms with Gasteiger partial charge in [0.15, 0.2) is 6.61 Å². The molecular formula is C15H21NO7. The number of hydrogen-bond acceptors (Lipinski definition) is 7. The molecule has 1 aromatic rings. The van der Waals surface area contributed by atoms with Crippen LogP contribution in [0.25, 0.3) is 0 Å². The molecule has 0 aliphatic carbocycles. The quantitative estimate of drug-likeness (QED) is 0.437. The zero-order valence-corrected chi connectivity index (χ0v) is 12.6. The molecule has 0 bridgehead atoms. The summed E-state index contributed by atoms with van der Waals surface area (Å²) in [5.74, 6) is 0.103. The number of aliphatic hydroxyl groups excluding tert-OH is 4. The third-order valence-electron chi connectivity index (χ3n) is 3.73. The lowest BCUT2D eigenvalue weighted by atomic mass is 9.91. The van der Waals surface area contributed by atoms with E-state index < -0.39 is 37.1 Å². The molecule has 5 atom stereocenters. The fourth-order valence-electron chi connectivity index (χ4n) is 2.38. The Labute approximate surface area is 133 Å². The topological polar surface area (TPSA) is 128 Å². The SMILES string of the molecule is CNC(=O)COc1cccc(C2O[C@H](CO)[C@@H](O)[C@H](O)[C@@H]2O)c1. The summed E-state index contributed by atoms with van der Waals surface area (Å²) >= 11 is 0. The first-order chi connectivity index (χ1) is 11.0. The average Bonchev–Trinajstić information content (AvgIpc) is 2.58. The molecule has 0 radical (unpaired) electrons. The molecule has 23 heavy (non-hydrogen) atoms. The van der Waals surface area contributed by atoms with E-state index in [0.29, 0.717) is 11.3 Å². The number of carbonyl (C=O) groups excluding carboxylic acids is 1. The summed E-state index contributed by atoms with van der Waals surface area (Å²) in [6.45, 7) is -0.650. The molecule has 128 valence electrons. The van der Waals surface area contributed by atoms with Gasteiger partial charge in [-0.15, -0.1) is 0 Å². The van der Waals surface area contributed by atoms with Crippen LogP contribution in [0.4, 0.5) is 0 Å². The number of amides is 1. The summed E-state index contributed by atoms with van der Waals surface area (Å²) in [6, 6.07) is 6.50. The Morgan fingerprint density at radius 3 is 2.65 bits per heavy atom. The van der Waals surface area contributed by atoms with Crippen LogP contribution in [0.15, 0.2) is 24.3 Å². The van der Waals surface area contributed by atoms with Crippen LogP contribution in [0.1, 0.15) is 11.7 Å². The Balaban J connectivity index is 2.15. The summed E-state index contributed by atoms with van der Waals surface area (Å²) < 4.78 is 10.8. The second-order valence-electron chi connectivity index (χ2n) is 5.28. The Morgan fingerprint density at radius 1 is 1.26 bits per heavy atom. The molecule has 0 aromatic heterocycles. The van der Waals surface area contributed by atoms with E-state index in [1.807, 2.05) is 0 Å². The lowest BCUT2D eigenvalue weighted by Gasteiger charge is -2.40. The molecule has 1 heterocycles. The predicted molar refractivity (Wildman–Crippen MR) is 78.7 cm³/mol. The highest BCUT2D eigenvalue weighted by molar-refractivity contribution is 5.77. The number of carbonyl (C=O) groups is 1. The summed E-state index contributed by atoms with van der Waals surface area (Å²) in [5, 5.41) is 41.4. The molecule has 0 saturated carbocycles. The van der Waals surface area contributed by atoms with Gasteiger partial charge in [-0.05, 0) is 17.7 Å². The standard InChI is InChI=1S/C15H21NO7/c1-16-11(18)7-22-9-4-2-3-8(5-9)15-14(21)13(20)12(19)10(6-17)23-15/h2-5,10,12-15,17,19-21H,6-7H2,1H3,(H,16,18)/t10-,12-,13+,14+,15?/m1/s1. The predicted octanol–water partition coefficient (Wildman–Crippen LogP) is -1.67. The van der Waals surface area contributed by atoms with E-state index >= 15 is 0 Å². The highest BCUT2D eigenvalue weighted by Crippen LogP contribution is 2.33. The van der Waals surface area contributed by atoms with Crippen molar-refractivity contribution in [2.75, 3.05) is 20.3 Å². The third-order valence-corrected chi connectivity index (χ3v) is 3.73. The van der Waals surface area contributed by atoms with E-state index in [1.54, 1.807) is 24.3 Å². The average molecular weight is 327 g/mol. The first-order valence-corrected chi connectivity index (χ1v) is 7.21. The number of hydrogen-bond donors (Lipinski definition) is 5. The number of ether oxygens (including phenoxy) is 2. The largest absolute Gasteiger partial charge is 0.484 e. The molecule has 1 saturated heterocycles. The van der Waals surface area contributed by atoms with Crippen molar-refractivity contribution in [3.8, 4) is 5.75 Å². The molecule has 1 unspecified atom stereocenters. The van der Waals surface area contributed by atoms with Crippen molar-refractivity contribution in [2.45, 2.75) is 30.5 Å². The van der Waals surface area contributed by atoms with Gasteiger partial charge in [-0.2, -0.15) is 0 Å². The number of aliphatic hydroxyl groups is 4. The molecule has 1 amide bonds. The van der Waals surface area contributed by atoms with Crippen LogP contribution in [0.2, 0.25) is 0 Å². The minimum atomic E-state index is -1.44. The van der Waals surface area contributed by atoms with E-state index in [9.17, 15) is 25.2 Å². The number of benzene rings is 1. The molecule has 8 heteroatoms. The van der Waals surface area contributed by atoms with Gasteiger partial charge in [-0.25, -0.2) is 0 Å². The Kier molecular flexibility index (Phi) is 5.91. The van der Waals surface area contributed by atoms with Crippen LogP contribution in [-0.2, 0) is 9.53 Å². The summed E-state index contributed by atoms with van der Waals surface area (Å²) in [5.41, 5.74) is 0.497. The zero-order chi connectivity index (χ0) is 17.0. The van der Waals surface area contributed by atoms with E-state index in [1.165, 1.54) is 7.05 Å². The first-order valence-electron chi connectivity index (χ1n) is 7.21. The normalized spacial score (nSPS) is 30.7. The summed E-state index contributed by atoms with van der Waals surface area (Å²) in [6.07, 6.45) is -6.12. The van der Waals surface area contributed by atoms with Crippen molar-refractivity contribution < 1.29 is 34.7 Å². The smallest absolute Gasteiger partial charge is 0.257 e. The maximum Gasteiger partial charge on any atom is 0.257 e. The van der Waals surface area contributed by atoms with Gasteiger partial charge in [-0.1, -0.05) is 12.1 Å². The van der Waals surface area contributed by atoms with E-state index in [4.69, 9.17) is 9.47 Å². The number of rotatable bonds is 5. The maximum absolute atomic E-state index is 11.2. The van der Waals surface area contributed by atoms with Gasteiger partial charge >= 0.3 is 0 Å². The zero-order valence-electron chi connectivity index (χ0n) is 12.6. The molecule has 5 N–H and O–H groups in total. The lowest BCUT2D eigenvalue weighted by molar-refractivity contribution is -0.231. The Hall–Kier alpha value is -1.71. The highest BCUT2D eigenvalue weighted by Gasteiger charge is 2.43. The molecule has 8 nitrogen and oxygen atoms in total. The van der Waals surface area contributed by atoms with Crippen molar-refractivity contribution in [3.05, 3.63) is 29.8 Å². The fraction of sp³-hybridized carbons (Fsp3) is 0.533. The van der Waals surface area contributed by atoms with Gasteiger partial charge in [0.25, 0.3) is 5.91 Å². The molecular weight excluding hydrogens is 306 g/mol. The van der Waals surface area contributed by atoms with Crippen LogP contribution >= 0.6 is 0 Å². The molecule has 1 aliphatic rings. The summed E-state index contributed by atoms with van der Waals surface area (Å²) in [4.78, 5) is 11.2. The molecule has 1 aromatic carbocycles. The van der Waals surface area contributed by atoms with E-state index in [0.717, 1.165) is 0 Å². The van der Waals surface area contributed by atoms with Crippen LogP contribution in [-0.4, -0.2) is 71.0 Å². The van der Waals surface area contributed by atoms with Crippen LogP contribution in [0, 0.1) is 0 Å². The van der Waals surface area contributed by atoms with Crippen LogP contribution in [0.5, 0.6) is 5.75 Å². The third kappa shape index (κ3) is 3.98. The maximum atomic E-state index is 11.2. The highest BCUT2D eigenvalue weighted by atomic mass is 16.5. The van der Waals surface area contributed by atoms with E-state index in [2.05, 4.69) is 5.32 Å². The van der Waals surface area contributed by atoms with Gasteiger partial charge in [0.2, 0.25) is 0 Å². The van der Waals surface area contributed by atoms with Gasteiger partial charge in [0.05, 0.1) is 6.61 Å². The molecule has 1 fully saturated rings. The Morgan fingerprint density at radius 2 is 2.00 bits per heavy atom. The van der Waals surface area contributed by atoms with Gasteiger partial charge in [0.1, 0.15) is 36.3 Å². The molecule has 1 aliphatic heterocycles. The van der Waals surface area contributed by atoms with Crippen molar-refractivity contribution in [3.63, 3.8) is 0 Å². The first kappa shape index (κ1) is 17.6. The fourth-order valence-corrected chi connectivity index (χ4v) is 2.38. The Bertz CT molecular complexity index is 536. The van der Waals surface area contributed by atoms with E-state index in [-0.39, 0.29) is 12.5 Å². The van der Waals surface area contributed by atoms with Crippen LogP contribution in [0.3, 0.4) is 0 Å². The molecule has 2 rings (SSSR count).